The Balaban J connectivity index is 2.96. The van der Waals surface area contributed by atoms with E-state index in [4.69, 9.17) is 0 Å². The van der Waals surface area contributed by atoms with Gasteiger partial charge in [-0.05, 0) is 12.8 Å². The van der Waals surface area contributed by atoms with Gasteiger partial charge in [0.2, 0.25) is 0 Å². The molecule has 0 amide bonds. The Labute approximate surface area is 61.5 Å². The third-order valence-electron chi connectivity index (χ3n) is 0.958. The summed E-state index contributed by atoms with van der Waals surface area (Å²) in [6.45, 7) is 2.98. The predicted molar refractivity (Wildman–Crippen MR) is 42.1 cm³/mol. The number of carbonyl (C=O) groups is 1. The highest BCUT2D eigenvalue weighted by Gasteiger charge is 1.77. The molecule has 0 aromatic rings. The van der Waals surface area contributed by atoms with Gasteiger partial charge in [-0.3, -0.25) is 0 Å². The van der Waals surface area contributed by atoms with Crippen LogP contribution in [-0.2, 0) is 4.79 Å². The molecule has 0 aromatic heterocycles. The Bertz CT molecular complexity index is 102. The lowest BCUT2D eigenvalue weighted by atomic mass is 10.4. The van der Waals surface area contributed by atoms with Crippen molar-refractivity contribution < 1.29 is 4.79 Å². The summed E-state index contributed by atoms with van der Waals surface area (Å²) < 4.78 is 0. The molecule has 0 atom stereocenters. The van der Waals surface area contributed by atoms with Gasteiger partial charge in [0, 0.05) is 19.2 Å². The molecule has 3 nitrogen and oxygen atoms in total. The van der Waals surface area contributed by atoms with Crippen LogP contribution in [0.3, 0.4) is 0 Å². The summed E-state index contributed by atoms with van der Waals surface area (Å²) in [5.41, 5.74) is 2.85. The molecular weight excluding hydrogens is 128 g/mol. The molecule has 0 aliphatic carbocycles. The molecule has 0 saturated heterocycles. The molecule has 1 N–H and O–H groups in total. The number of aldehydes is 1. The first-order valence-electron chi connectivity index (χ1n) is 3.59. The van der Waals surface area contributed by atoms with Crippen LogP contribution in [-0.4, -0.2) is 19.0 Å². The molecule has 0 saturated carbocycles. The minimum atomic E-state index is 0.567. The summed E-state index contributed by atoms with van der Waals surface area (Å²) in [5, 5.41) is 3.86. The molecule has 0 aliphatic rings. The Hall–Kier alpha value is -0.860. The summed E-state index contributed by atoms with van der Waals surface area (Å²) in [6.07, 6.45) is 5.00. The maximum absolute atomic E-state index is 9.81. The number of hydrogen-bond donors (Lipinski definition) is 1. The van der Waals surface area contributed by atoms with Gasteiger partial charge in [-0.2, -0.15) is 5.10 Å². The lowest BCUT2D eigenvalue weighted by Crippen LogP contribution is -2.05. The summed E-state index contributed by atoms with van der Waals surface area (Å²) in [6, 6.07) is 0. The zero-order chi connectivity index (χ0) is 7.66. The third kappa shape index (κ3) is 7.14. The summed E-state index contributed by atoms with van der Waals surface area (Å²) in [5.74, 6) is 0. The second-order valence-electron chi connectivity index (χ2n) is 1.96. The van der Waals surface area contributed by atoms with Crippen LogP contribution in [0.4, 0.5) is 0 Å². The fraction of sp³-hybridized carbons (Fsp3) is 0.714. The van der Waals surface area contributed by atoms with Crippen LogP contribution >= 0.6 is 0 Å². The van der Waals surface area contributed by atoms with Crippen LogP contribution in [0.5, 0.6) is 0 Å². The van der Waals surface area contributed by atoms with Crippen molar-refractivity contribution in [2.45, 2.75) is 26.2 Å². The van der Waals surface area contributed by atoms with Crippen molar-refractivity contribution in [2.75, 3.05) is 6.54 Å². The molecule has 10 heavy (non-hydrogen) atoms. The predicted octanol–water partition coefficient (Wildman–Crippen LogP) is 0.951. The first-order chi connectivity index (χ1) is 4.91. The maximum Gasteiger partial charge on any atom is 0.120 e. The quantitative estimate of drug-likeness (QED) is 0.259. The SMILES string of the molecule is CCCNN=CCCC=O. The Morgan fingerprint density at radius 2 is 2.30 bits per heavy atom. The van der Waals surface area contributed by atoms with Gasteiger partial charge in [0.1, 0.15) is 6.29 Å². The van der Waals surface area contributed by atoms with Crippen molar-refractivity contribution in [3.8, 4) is 0 Å². The van der Waals surface area contributed by atoms with E-state index in [9.17, 15) is 4.79 Å². The van der Waals surface area contributed by atoms with Gasteiger partial charge >= 0.3 is 0 Å². The van der Waals surface area contributed by atoms with Crippen LogP contribution in [0.25, 0.3) is 0 Å². The third-order valence-corrected chi connectivity index (χ3v) is 0.958. The number of nitrogens with one attached hydrogen (secondary N) is 1. The lowest BCUT2D eigenvalue weighted by Gasteiger charge is -1.92. The van der Waals surface area contributed by atoms with Crippen molar-refractivity contribution >= 4 is 12.5 Å². The van der Waals surface area contributed by atoms with E-state index in [1.54, 1.807) is 6.21 Å². The molecule has 0 radical (unpaired) electrons. The topological polar surface area (TPSA) is 41.5 Å². The number of rotatable bonds is 6. The second kappa shape index (κ2) is 8.14. The van der Waals surface area contributed by atoms with Crippen molar-refractivity contribution in [1.82, 2.24) is 5.43 Å². The average molecular weight is 142 g/mol. The van der Waals surface area contributed by atoms with E-state index in [-0.39, 0.29) is 0 Å². The summed E-state index contributed by atoms with van der Waals surface area (Å²) in [7, 11) is 0. The van der Waals surface area contributed by atoms with E-state index < -0.39 is 0 Å². The average Bonchev–Trinajstić information content (AvgIpc) is 1.97. The van der Waals surface area contributed by atoms with E-state index in [0.29, 0.717) is 6.42 Å². The molecule has 0 fully saturated rings. The number of hydrazone groups is 1. The number of nitrogens with zero attached hydrogens (tertiary/aromatic N) is 1. The highest BCUT2D eigenvalue weighted by Crippen LogP contribution is 1.77. The van der Waals surface area contributed by atoms with Gasteiger partial charge in [-0.1, -0.05) is 6.92 Å². The molecule has 0 unspecified atom stereocenters. The normalized spacial score (nSPS) is 10.1. The molecular formula is C7H14N2O. The zero-order valence-corrected chi connectivity index (χ0v) is 6.34. The molecule has 0 rings (SSSR count). The van der Waals surface area contributed by atoms with Gasteiger partial charge in [-0.15, -0.1) is 0 Å². The van der Waals surface area contributed by atoms with Crippen molar-refractivity contribution in [2.24, 2.45) is 5.10 Å². The first kappa shape index (κ1) is 9.14. The van der Waals surface area contributed by atoms with E-state index in [1.807, 2.05) is 0 Å². The number of unbranched alkanes of at least 4 members (excludes halogenated alkanes) is 1. The number of carbonyl (C=O) groups excluding carboxylic acids is 1. The first-order valence-corrected chi connectivity index (χ1v) is 3.59. The molecule has 0 aliphatic heterocycles. The number of hydrogen-bond acceptors (Lipinski definition) is 3. The Morgan fingerprint density at radius 1 is 1.50 bits per heavy atom. The fourth-order valence-electron chi connectivity index (χ4n) is 0.448. The second-order valence-corrected chi connectivity index (χ2v) is 1.96. The smallest absolute Gasteiger partial charge is 0.120 e. The van der Waals surface area contributed by atoms with Gasteiger partial charge in [0.15, 0.2) is 0 Å². The van der Waals surface area contributed by atoms with Crippen LogP contribution in [0, 0.1) is 0 Å². The molecule has 0 bridgehead atoms. The van der Waals surface area contributed by atoms with Gasteiger partial charge in [0.25, 0.3) is 0 Å². The van der Waals surface area contributed by atoms with Crippen molar-refractivity contribution in [3.05, 3.63) is 0 Å². The maximum atomic E-state index is 9.81. The molecule has 0 aromatic carbocycles. The van der Waals surface area contributed by atoms with Crippen molar-refractivity contribution in [3.63, 3.8) is 0 Å². The van der Waals surface area contributed by atoms with E-state index in [2.05, 4.69) is 17.5 Å². The monoisotopic (exact) mass is 142 g/mol. The van der Waals surface area contributed by atoms with Crippen molar-refractivity contribution in [1.29, 1.82) is 0 Å². The minimum Gasteiger partial charge on any atom is -0.310 e. The molecule has 58 valence electrons. The Morgan fingerprint density at radius 3 is 2.90 bits per heavy atom. The van der Waals surface area contributed by atoms with Gasteiger partial charge in [0.05, 0.1) is 0 Å². The lowest BCUT2D eigenvalue weighted by molar-refractivity contribution is -0.107. The van der Waals surface area contributed by atoms with E-state index >= 15 is 0 Å². The molecule has 3 heteroatoms. The highest BCUT2D eigenvalue weighted by atomic mass is 16.1. The van der Waals surface area contributed by atoms with Crippen LogP contribution in [0.2, 0.25) is 0 Å². The Kier molecular flexibility index (Phi) is 7.44. The standard InChI is InChI=1S/C7H14N2O/c1-2-5-8-9-6-3-4-7-10/h6-8H,2-5H2,1H3. The summed E-state index contributed by atoms with van der Waals surface area (Å²) in [4.78, 5) is 9.81. The van der Waals surface area contributed by atoms with E-state index in [1.165, 1.54) is 0 Å². The van der Waals surface area contributed by atoms with Crippen LogP contribution in [0.1, 0.15) is 26.2 Å². The molecule has 0 heterocycles. The van der Waals surface area contributed by atoms with Gasteiger partial charge in [-0.25, -0.2) is 0 Å². The fourth-order valence-corrected chi connectivity index (χ4v) is 0.448. The molecule has 0 spiro atoms. The summed E-state index contributed by atoms with van der Waals surface area (Å²) >= 11 is 0. The van der Waals surface area contributed by atoms with Crippen LogP contribution < -0.4 is 5.43 Å². The van der Waals surface area contributed by atoms with Crippen LogP contribution in [0.15, 0.2) is 5.10 Å². The highest BCUT2D eigenvalue weighted by molar-refractivity contribution is 5.62. The minimum absolute atomic E-state index is 0.567. The van der Waals surface area contributed by atoms with E-state index in [0.717, 1.165) is 25.7 Å². The zero-order valence-electron chi connectivity index (χ0n) is 6.34. The van der Waals surface area contributed by atoms with Gasteiger partial charge < -0.3 is 10.2 Å². The largest absolute Gasteiger partial charge is 0.310 e.